The van der Waals surface area contributed by atoms with E-state index in [9.17, 15) is 31.1 Å². The molecule has 100 valence electrons. The van der Waals surface area contributed by atoms with Gasteiger partial charge in [-0.3, -0.25) is 4.79 Å². The molecule has 0 aliphatic rings. The number of halogens is 6. The molecule has 0 fully saturated rings. The molecule has 0 heterocycles. The van der Waals surface area contributed by atoms with Gasteiger partial charge in [-0.25, -0.2) is 8.78 Å². The minimum Gasteiger partial charge on any atom is -0.366 e. The van der Waals surface area contributed by atoms with Crippen molar-refractivity contribution in [3.63, 3.8) is 0 Å². The molecule has 0 spiro atoms. The van der Waals surface area contributed by atoms with Gasteiger partial charge in [-0.15, -0.1) is 0 Å². The van der Waals surface area contributed by atoms with Crippen LogP contribution in [-0.2, 0) is 5.92 Å². The first-order valence-electron chi connectivity index (χ1n) is 4.55. The van der Waals surface area contributed by atoms with E-state index in [1.54, 1.807) is 0 Å². The first kappa shape index (κ1) is 14.3. The molecule has 1 aromatic rings. The molecule has 0 bridgehead atoms. The fourth-order valence-electron chi connectivity index (χ4n) is 1.17. The number of benzene rings is 1. The molecule has 0 aliphatic carbocycles. The van der Waals surface area contributed by atoms with Gasteiger partial charge in [0.25, 0.3) is 0 Å². The third kappa shape index (κ3) is 2.27. The second kappa shape index (κ2) is 4.51. The first-order chi connectivity index (χ1) is 8.10. The van der Waals surface area contributed by atoms with Crippen LogP contribution < -0.4 is 5.73 Å². The fraction of sp³-hybridized carbons (Fsp3) is 0.300. The highest BCUT2D eigenvalue weighted by Gasteiger charge is 2.63. The van der Waals surface area contributed by atoms with Crippen LogP contribution in [0.3, 0.4) is 0 Å². The molecule has 2 N–H and O–H groups in total. The number of nitrogens with two attached hydrogens (primary N) is 1. The maximum Gasteiger partial charge on any atom is 0.373 e. The molecular weight excluding hydrogens is 264 g/mol. The van der Waals surface area contributed by atoms with E-state index in [4.69, 9.17) is 5.73 Å². The molecule has 18 heavy (non-hydrogen) atoms. The Labute approximate surface area is 97.4 Å². The van der Waals surface area contributed by atoms with Gasteiger partial charge in [-0.1, -0.05) is 12.1 Å². The summed E-state index contributed by atoms with van der Waals surface area (Å²) < 4.78 is 75.5. The average molecular weight is 271 g/mol. The van der Waals surface area contributed by atoms with Gasteiger partial charge in [0.15, 0.2) is 0 Å². The predicted octanol–water partition coefficient (Wildman–Crippen LogP) is 2.78. The van der Waals surface area contributed by atoms with E-state index in [0.717, 1.165) is 12.1 Å². The van der Waals surface area contributed by atoms with E-state index in [1.807, 2.05) is 0 Å². The SMILES string of the molecule is NC(=O)c1ccc(C(F)(F)C(F)(F)C(F)F)cc1. The van der Waals surface area contributed by atoms with Gasteiger partial charge in [-0.05, 0) is 12.1 Å². The van der Waals surface area contributed by atoms with Crippen LogP contribution in [0.1, 0.15) is 15.9 Å². The normalized spacial score (nSPS) is 12.8. The first-order valence-corrected chi connectivity index (χ1v) is 4.55. The molecule has 0 aromatic heterocycles. The van der Waals surface area contributed by atoms with Gasteiger partial charge < -0.3 is 5.73 Å². The summed E-state index contributed by atoms with van der Waals surface area (Å²) >= 11 is 0. The highest BCUT2D eigenvalue weighted by Crippen LogP contribution is 2.46. The van der Waals surface area contributed by atoms with Crippen LogP contribution in [0.25, 0.3) is 0 Å². The third-order valence-electron chi connectivity index (χ3n) is 2.22. The molecule has 1 amide bonds. The molecular formula is C10H7F6NO. The molecule has 0 saturated heterocycles. The van der Waals surface area contributed by atoms with Gasteiger partial charge in [0.05, 0.1) is 0 Å². The number of carbonyl (C=O) groups is 1. The zero-order valence-corrected chi connectivity index (χ0v) is 8.64. The van der Waals surface area contributed by atoms with Gasteiger partial charge >= 0.3 is 18.3 Å². The molecule has 2 nitrogen and oxygen atoms in total. The highest BCUT2D eigenvalue weighted by atomic mass is 19.3. The maximum atomic E-state index is 13.2. The molecule has 0 aliphatic heterocycles. The Morgan fingerprint density at radius 1 is 1.06 bits per heavy atom. The summed E-state index contributed by atoms with van der Waals surface area (Å²) in [5.41, 5.74) is 3.29. The van der Waals surface area contributed by atoms with Crippen molar-refractivity contribution in [3.05, 3.63) is 35.4 Å². The Kier molecular flexibility index (Phi) is 3.59. The average Bonchev–Trinajstić information content (AvgIpc) is 2.28. The minimum atomic E-state index is -5.50. The number of alkyl halides is 6. The minimum absolute atomic E-state index is 0.199. The molecule has 1 rings (SSSR count). The number of primary amides is 1. The second-order valence-electron chi connectivity index (χ2n) is 3.44. The Hall–Kier alpha value is -1.73. The fourth-order valence-corrected chi connectivity index (χ4v) is 1.17. The summed E-state index contributed by atoms with van der Waals surface area (Å²) in [4.78, 5) is 10.6. The van der Waals surface area contributed by atoms with Crippen molar-refractivity contribution in [2.24, 2.45) is 5.73 Å². The summed E-state index contributed by atoms with van der Waals surface area (Å²) in [7, 11) is 0. The largest absolute Gasteiger partial charge is 0.373 e. The van der Waals surface area contributed by atoms with Gasteiger partial charge in [0.1, 0.15) is 0 Å². The number of carbonyl (C=O) groups excluding carboxylic acids is 1. The lowest BCUT2D eigenvalue weighted by Gasteiger charge is -2.26. The zero-order chi connectivity index (χ0) is 14.1. The Bertz CT molecular complexity index is 442. The van der Waals surface area contributed by atoms with Gasteiger partial charge in [0.2, 0.25) is 5.91 Å². The molecule has 1 aromatic carbocycles. The van der Waals surface area contributed by atoms with E-state index in [0.29, 0.717) is 12.1 Å². The number of hydrogen-bond acceptors (Lipinski definition) is 1. The number of rotatable bonds is 4. The lowest BCUT2D eigenvalue weighted by Crippen LogP contribution is -2.44. The lowest BCUT2D eigenvalue weighted by molar-refractivity contribution is -0.270. The standard InChI is InChI=1S/C10H7F6NO/c11-8(12)10(15,16)9(13,14)6-3-1-5(2-4-6)7(17)18/h1-4,8H,(H2,17,18). The van der Waals surface area contributed by atoms with E-state index in [2.05, 4.69) is 0 Å². The highest BCUT2D eigenvalue weighted by molar-refractivity contribution is 5.92. The van der Waals surface area contributed by atoms with E-state index in [1.165, 1.54) is 0 Å². The van der Waals surface area contributed by atoms with Crippen molar-refractivity contribution in [2.75, 3.05) is 0 Å². The molecule has 0 unspecified atom stereocenters. The summed E-state index contributed by atoms with van der Waals surface area (Å²) in [6.45, 7) is 0. The third-order valence-corrected chi connectivity index (χ3v) is 2.22. The van der Waals surface area contributed by atoms with E-state index in [-0.39, 0.29) is 5.56 Å². The van der Waals surface area contributed by atoms with Gasteiger partial charge in [0, 0.05) is 11.1 Å². The van der Waals surface area contributed by atoms with Crippen LogP contribution in [0.5, 0.6) is 0 Å². The van der Waals surface area contributed by atoms with Crippen LogP contribution in [0, 0.1) is 0 Å². The lowest BCUT2D eigenvalue weighted by atomic mass is 10.0. The Morgan fingerprint density at radius 3 is 1.83 bits per heavy atom. The van der Waals surface area contributed by atoms with Crippen LogP contribution in [0.15, 0.2) is 24.3 Å². The van der Waals surface area contributed by atoms with Crippen molar-refractivity contribution >= 4 is 5.91 Å². The number of hydrogen-bond donors (Lipinski definition) is 1. The van der Waals surface area contributed by atoms with Crippen molar-refractivity contribution in [1.82, 2.24) is 0 Å². The molecule has 0 radical (unpaired) electrons. The molecule has 8 heteroatoms. The van der Waals surface area contributed by atoms with Crippen LogP contribution in [0.2, 0.25) is 0 Å². The van der Waals surface area contributed by atoms with Crippen LogP contribution in [-0.4, -0.2) is 18.3 Å². The van der Waals surface area contributed by atoms with Crippen molar-refractivity contribution in [2.45, 2.75) is 18.3 Å². The molecule has 0 atom stereocenters. The Balaban J connectivity index is 3.16. The topological polar surface area (TPSA) is 43.1 Å². The summed E-state index contributed by atoms with van der Waals surface area (Å²) in [6.07, 6.45) is -4.51. The summed E-state index contributed by atoms with van der Waals surface area (Å²) in [5.74, 6) is -11.5. The van der Waals surface area contributed by atoms with Crippen LogP contribution >= 0.6 is 0 Å². The second-order valence-corrected chi connectivity index (χ2v) is 3.44. The summed E-state index contributed by atoms with van der Waals surface area (Å²) in [5, 5.41) is 0. The quantitative estimate of drug-likeness (QED) is 0.841. The van der Waals surface area contributed by atoms with Crippen molar-refractivity contribution in [1.29, 1.82) is 0 Å². The van der Waals surface area contributed by atoms with Crippen molar-refractivity contribution in [3.8, 4) is 0 Å². The maximum absolute atomic E-state index is 13.2. The summed E-state index contributed by atoms with van der Waals surface area (Å²) in [6, 6.07) is 2.42. The monoisotopic (exact) mass is 271 g/mol. The number of amides is 1. The van der Waals surface area contributed by atoms with Crippen LogP contribution in [0.4, 0.5) is 26.3 Å². The molecule has 0 saturated carbocycles. The predicted molar refractivity (Wildman–Crippen MR) is 49.8 cm³/mol. The van der Waals surface area contributed by atoms with Gasteiger partial charge in [-0.2, -0.15) is 17.6 Å². The van der Waals surface area contributed by atoms with E-state index >= 15 is 0 Å². The Morgan fingerprint density at radius 2 is 1.50 bits per heavy atom. The van der Waals surface area contributed by atoms with Crippen molar-refractivity contribution < 1.29 is 31.1 Å². The van der Waals surface area contributed by atoms with E-state index < -0.39 is 29.7 Å². The smallest absolute Gasteiger partial charge is 0.366 e. The zero-order valence-electron chi connectivity index (χ0n) is 8.64.